The molecule has 2 rings (SSSR count). The molecule has 2 aromatic carbocycles. The highest BCUT2D eigenvalue weighted by Crippen LogP contribution is 2.28. The summed E-state index contributed by atoms with van der Waals surface area (Å²) in [6.07, 6.45) is 0.326. The number of ketones is 1. The minimum atomic E-state index is 0.0216. The van der Waals surface area contributed by atoms with Gasteiger partial charge in [-0.1, -0.05) is 23.7 Å². The summed E-state index contributed by atoms with van der Waals surface area (Å²) in [4.78, 5) is 12.2. The maximum atomic E-state index is 12.2. The topological polar surface area (TPSA) is 35.5 Å². The molecule has 0 atom stereocenters. The molecule has 20 heavy (non-hydrogen) atoms. The number of carbonyl (C=O) groups is 1. The fourth-order valence-corrected chi connectivity index (χ4v) is 2.03. The van der Waals surface area contributed by atoms with Gasteiger partial charge in [-0.25, -0.2) is 0 Å². The molecule has 3 nitrogen and oxygen atoms in total. The Kier molecular flexibility index (Phi) is 4.64. The molecule has 0 aliphatic heterocycles. The molecule has 2 aromatic rings. The monoisotopic (exact) mass is 290 g/mol. The second-order valence-electron chi connectivity index (χ2n) is 4.30. The molecule has 0 aliphatic rings. The predicted molar refractivity (Wildman–Crippen MR) is 79.0 cm³/mol. The van der Waals surface area contributed by atoms with Gasteiger partial charge < -0.3 is 9.47 Å². The van der Waals surface area contributed by atoms with E-state index >= 15 is 0 Å². The molecule has 0 heterocycles. The highest BCUT2D eigenvalue weighted by molar-refractivity contribution is 6.30. The second-order valence-corrected chi connectivity index (χ2v) is 4.73. The number of methoxy groups -OCH3 is 2. The Hall–Kier alpha value is -2.00. The van der Waals surface area contributed by atoms with Crippen molar-refractivity contribution < 1.29 is 14.3 Å². The fraction of sp³-hybridized carbons (Fsp3) is 0.188. The van der Waals surface area contributed by atoms with Crippen molar-refractivity contribution in [2.75, 3.05) is 14.2 Å². The third-order valence-corrected chi connectivity index (χ3v) is 3.24. The van der Waals surface area contributed by atoms with E-state index in [9.17, 15) is 4.79 Å². The number of Topliss-reactive ketones (excluding diaryl/α,β-unsaturated/α-hetero) is 1. The lowest BCUT2D eigenvalue weighted by Gasteiger charge is -2.09. The van der Waals surface area contributed by atoms with Gasteiger partial charge in [0.2, 0.25) is 0 Å². The predicted octanol–water partition coefficient (Wildman–Crippen LogP) is 3.78. The van der Waals surface area contributed by atoms with E-state index in [2.05, 4.69) is 0 Å². The van der Waals surface area contributed by atoms with Crippen LogP contribution in [0, 0.1) is 0 Å². The molecule has 0 aliphatic carbocycles. The van der Waals surface area contributed by atoms with Gasteiger partial charge in [0.1, 0.15) is 0 Å². The Balaban J connectivity index is 2.18. The normalized spacial score (nSPS) is 10.2. The molecule has 0 saturated carbocycles. The van der Waals surface area contributed by atoms with E-state index < -0.39 is 0 Å². The molecule has 0 N–H and O–H groups in total. The Morgan fingerprint density at radius 3 is 2.25 bits per heavy atom. The summed E-state index contributed by atoms with van der Waals surface area (Å²) in [7, 11) is 3.11. The summed E-state index contributed by atoms with van der Waals surface area (Å²) in [5, 5.41) is 0.660. The van der Waals surface area contributed by atoms with Crippen molar-refractivity contribution in [3.63, 3.8) is 0 Å². The molecule has 0 spiro atoms. The first kappa shape index (κ1) is 14.4. The molecule has 104 valence electrons. The van der Waals surface area contributed by atoms with Crippen LogP contribution in [0.15, 0.2) is 42.5 Å². The number of carbonyl (C=O) groups excluding carboxylic acids is 1. The van der Waals surface area contributed by atoms with Gasteiger partial charge >= 0.3 is 0 Å². The van der Waals surface area contributed by atoms with Gasteiger partial charge in [-0.3, -0.25) is 4.79 Å². The molecule has 0 saturated heterocycles. The van der Waals surface area contributed by atoms with Crippen LogP contribution in [0.2, 0.25) is 5.02 Å². The Morgan fingerprint density at radius 2 is 1.65 bits per heavy atom. The van der Waals surface area contributed by atoms with Gasteiger partial charge in [0, 0.05) is 17.0 Å². The number of hydrogen-bond donors (Lipinski definition) is 0. The first-order chi connectivity index (χ1) is 9.63. The minimum Gasteiger partial charge on any atom is -0.493 e. The van der Waals surface area contributed by atoms with E-state index in [4.69, 9.17) is 21.1 Å². The van der Waals surface area contributed by atoms with E-state index in [1.54, 1.807) is 44.6 Å². The lowest BCUT2D eigenvalue weighted by molar-refractivity contribution is 0.0992. The van der Waals surface area contributed by atoms with E-state index in [0.29, 0.717) is 28.5 Å². The van der Waals surface area contributed by atoms with E-state index in [1.165, 1.54) is 0 Å². The summed E-state index contributed by atoms with van der Waals surface area (Å²) >= 11 is 5.82. The molecule has 0 aromatic heterocycles. The zero-order valence-electron chi connectivity index (χ0n) is 11.4. The first-order valence-corrected chi connectivity index (χ1v) is 6.51. The second kappa shape index (κ2) is 6.44. The lowest BCUT2D eigenvalue weighted by Crippen LogP contribution is -2.04. The van der Waals surface area contributed by atoms with Crippen LogP contribution in [0.5, 0.6) is 11.5 Å². The van der Waals surface area contributed by atoms with Gasteiger partial charge in [-0.2, -0.15) is 0 Å². The van der Waals surface area contributed by atoms with Crippen LogP contribution in [-0.4, -0.2) is 20.0 Å². The van der Waals surface area contributed by atoms with Crippen LogP contribution >= 0.6 is 11.6 Å². The van der Waals surface area contributed by atoms with Crippen LogP contribution in [-0.2, 0) is 6.42 Å². The largest absolute Gasteiger partial charge is 0.493 e. The Morgan fingerprint density at radius 1 is 1.00 bits per heavy atom. The summed E-state index contributed by atoms with van der Waals surface area (Å²) in [5.41, 5.74) is 1.52. The fourth-order valence-electron chi connectivity index (χ4n) is 1.90. The van der Waals surface area contributed by atoms with Gasteiger partial charge in [-0.05, 0) is 35.9 Å². The molecular formula is C16H15ClO3. The van der Waals surface area contributed by atoms with Crippen molar-refractivity contribution in [2.45, 2.75) is 6.42 Å². The summed E-state index contributed by atoms with van der Waals surface area (Å²) < 4.78 is 10.3. The molecule has 0 fully saturated rings. The van der Waals surface area contributed by atoms with Crippen molar-refractivity contribution in [1.29, 1.82) is 0 Å². The van der Waals surface area contributed by atoms with E-state index in [0.717, 1.165) is 5.56 Å². The van der Waals surface area contributed by atoms with E-state index in [1.807, 2.05) is 12.1 Å². The number of ether oxygens (including phenoxy) is 2. The number of halogens is 1. The molecule has 4 heteroatoms. The van der Waals surface area contributed by atoms with Gasteiger partial charge in [0.05, 0.1) is 14.2 Å². The average Bonchev–Trinajstić information content (AvgIpc) is 2.48. The molecule has 0 amide bonds. The summed E-state index contributed by atoms with van der Waals surface area (Å²) in [6.45, 7) is 0. The standard InChI is InChI=1S/C16H15ClO3/c1-19-15-8-5-12(10-16(15)20-2)14(18)9-11-3-6-13(17)7-4-11/h3-8,10H,9H2,1-2H3. The van der Waals surface area contributed by atoms with Crippen molar-refractivity contribution in [3.8, 4) is 11.5 Å². The van der Waals surface area contributed by atoms with Gasteiger partial charge in [0.15, 0.2) is 17.3 Å². The third kappa shape index (κ3) is 3.31. The number of benzene rings is 2. The highest BCUT2D eigenvalue weighted by Gasteiger charge is 2.11. The Labute approximate surface area is 123 Å². The minimum absolute atomic E-state index is 0.0216. The van der Waals surface area contributed by atoms with Crippen LogP contribution in [0.4, 0.5) is 0 Å². The first-order valence-electron chi connectivity index (χ1n) is 6.13. The van der Waals surface area contributed by atoms with Crippen LogP contribution in [0.25, 0.3) is 0 Å². The average molecular weight is 291 g/mol. The smallest absolute Gasteiger partial charge is 0.167 e. The number of rotatable bonds is 5. The molecule has 0 unspecified atom stereocenters. The van der Waals surface area contributed by atoms with Crippen molar-refractivity contribution >= 4 is 17.4 Å². The van der Waals surface area contributed by atoms with Crippen LogP contribution in [0.3, 0.4) is 0 Å². The summed E-state index contributed by atoms with van der Waals surface area (Å²) in [5.74, 6) is 1.18. The van der Waals surface area contributed by atoms with Crippen molar-refractivity contribution in [1.82, 2.24) is 0 Å². The zero-order valence-corrected chi connectivity index (χ0v) is 12.1. The van der Waals surface area contributed by atoms with Crippen LogP contribution in [0.1, 0.15) is 15.9 Å². The maximum absolute atomic E-state index is 12.2. The van der Waals surface area contributed by atoms with Crippen LogP contribution < -0.4 is 9.47 Å². The van der Waals surface area contributed by atoms with Gasteiger partial charge in [0.25, 0.3) is 0 Å². The highest BCUT2D eigenvalue weighted by atomic mass is 35.5. The Bertz CT molecular complexity index is 606. The van der Waals surface area contributed by atoms with Crippen molar-refractivity contribution in [3.05, 3.63) is 58.6 Å². The van der Waals surface area contributed by atoms with Gasteiger partial charge in [-0.15, -0.1) is 0 Å². The molecular weight excluding hydrogens is 276 g/mol. The quantitative estimate of drug-likeness (QED) is 0.786. The zero-order chi connectivity index (χ0) is 14.5. The third-order valence-electron chi connectivity index (χ3n) is 2.98. The maximum Gasteiger partial charge on any atom is 0.167 e. The lowest BCUT2D eigenvalue weighted by atomic mass is 10.0. The number of hydrogen-bond acceptors (Lipinski definition) is 3. The summed E-state index contributed by atoms with van der Waals surface area (Å²) in [6, 6.07) is 12.4. The van der Waals surface area contributed by atoms with Crippen molar-refractivity contribution in [2.24, 2.45) is 0 Å². The molecule has 0 bridgehead atoms. The SMILES string of the molecule is COc1ccc(C(=O)Cc2ccc(Cl)cc2)cc1OC. The van der Waals surface area contributed by atoms with E-state index in [-0.39, 0.29) is 5.78 Å². The molecule has 0 radical (unpaired) electrons.